The first-order valence-electron chi connectivity index (χ1n) is 6.78. The summed E-state index contributed by atoms with van der Waals surface area (Å²) in [5.41, 5.74) is -2.82. The van der Waals surface area contributed by atoms with Crippen LogP contribution in [0.25, 0.3) is 6.08 Å². The van der Waals surface area contributed by atoms with Crippen LogP contribution in [0, 0.1) is 12.8 Å². The number of hydrogen-bond donors (Lipinski definition) is 1. The van der Waals surface area contributed by atoms with Crippen LogP contribution in [0.4, 0.5) is 13.2 Å². The maximum absolute atomic E-state index is 13.3. The number of carbonyl (C=O) groups excluding carboxylic acids is 2. The van der Waals surface area contributed by atoms with Gasteiger partial charge in [0.1, 0.15) is 5.92 Å². The van der Waals surface area contributed by atoms with Crippen molar-refractivity contribution in [2.24, 2.45) is 5.92 Å². The highest BCUT2D eigenvalue weighted by Gasteiger charge is 2.67. The molecular formula is C16H17F3O5. The molecule has 0 aliphatic carbocycles. The molecule has 0 saturated carbocycles. The molecule has 8 heteroatoms. The summed E-state index contributed by atoms with van der Waals surface area (Å²) in [7, 11) is 1.53. The third kappa shape index (κ3) is 3.76. The van der Waals surface area contributed by atoms with Gasteiger partial charge in [0.2, 0.25) is 0 Å². The van der Waals surface area contributed by atoms with Crippen molar-refractivity contribution in [1.82, 2.24) is 0 Å². The number of halogens is 3. The Hall–Kier alpha value is -2.35. The number of alkyl halides is 3. The molecule has 0 bridgehead atoms. The molecule has 0 fully saturated rings. The normalized spacial score (nSPS) is 15.6. The van der Waals surface area contributed by atoms with Crippen LogP contribution in [-0.2, 0) is 19.1 Å². The van der Waals surface area contributed by atoms with Crippen LogP contribution in [0.1, 0.15) is 11.1 Å². The van der Waals surface area contributed by atoms with Crippen LogP contribution < -0.4 is 0 Å². The standard InChI is InChI=1S/C16H17F3O5/c1-10-6-4-5-7-11(10)8-9-12(13(20)23-2)15(22,14(21)24-3)16(17,18)19/h4-9,12,22H,1-3H3/b9-8+/t12-,15+/m1/s1. The van der Waals surface area contributed by atoms with E-state index < -0.39 is 29.6 Å². The first-order valence-corrected chi connectivity index (χ1v) is 6.78. The summed E-state index contributed by atoms with van der Waals surface area (Å²) in [6.45, 7) is 1.71. The highest BCUT2D eigenvalue weighted by Crippen LogP contribution is 2.39. The molecule has 132 valence electrons. The lowest BCUT2D eigenvalue weighted by Crippen LogP contribution is -2.59. The number of methoxy groups -OCH3 is 2. The number of esters is 2. The molecule has 1 N–H and O–H groups in total. The third-order valence-electron chi connectivity index (χ3n) is 3.49. The van der Waals surface area contributed by atoms with Crippen molar-refractivity contribution in [2.45, 2.75) is 18.7 Å². The zero-order valence-electron chi connectivity index (χ0n) is 13.3. The Morgan fingerprint density at radius 1 is 1.17 bits per heavy atom. The molecule has 0 unspecified atom stereocenters. The molecule has 1 aromatic carbocycles. The maximum Gasteiger partial charge on any atom is 0.429 e. The van der Waals surface area contributed by atoms with Crippen molar-refractivity contribution in [2.75, 3.05) is 14.2 Å². The monoisotopic (exact) mass is 346 g/mol. The van der Waals surface area contributed by atoms with E-state index in [9.17, 15) is 27.9 Å². The van der Waals surface area contributed by atoms with Gasteiger partial charge in [0.25, 0.3) is 5.60 Å². The van der Waals surface area contributed by atoms with Gasteiger partial charge in [-0.05, 0) is 18.1 Å². The Morgan fingerprint density at radius 2 is 1.75 bits per heavy atom. The van der Waals surface area contributed by atoms with Gasteiger partial charge < -0.3 is 14.6 Å². The van der Waals surface area contributed by atoms with Crippen LogP contribution in [0.15, 0.2) is 30.3 Å². The van der Waals surface area contributed by atoms with Gasteiger partial charge in [-0.15, -0.1) is 0 Å². The first-order chi connectivity index (χ1) is 11.1. The molecule has 0 heterocycles. The number of carbonyl (C=O) groups is 2. The Bertz CT molecular complexity index is 639. The minimum absolute atomic E-state index is 0.515. The highest BCUT2D eigenvalue weighted by atomic mass is 19.4. The Morgan fingerprint density at radius 3 is 2.21 bits per heavy atom. The molecule has 0 aliphatic rings. The Labute approximate surface area is 136 Å². The highest BCUT2D eigenvalue weighted by molar-refractivity contribution is 5.90. The van der Waals surface area contributed by atoms with E-state index in [2.05, 4.69) is 9.47 Å². The Kier molecular flexibility index (Phi) is 6.14. The van der Waals surface area contributed by atoms with Crippen LogP contribution in [-0.4, -0.2) is 43.0 Å². The van der Waals surface area contributed by atoms with E-state index in [4.69, 9.17) is 0 Å². The molecule has 1 aromatic rings. The largest absolute Gasteiger partial charge is 0.468 e. The molecule has 5 nitrogen and oxygen atoms in total. The van der Waals surface area contributed by atoms with Crippen molar-refractivity contribution < 1.29 is 37.3 Å². The topological polar surface area (TPSA) is 72.8 Å². The summed E-state index contributed by atoms with van der Waals surface area (Å²) >= 11 is 0. The SMILES string of the molecule is COC(=O)[C@@H](/C=C/c1ccccc1C)[C@](O)(C(=O)OC)C(F)(F)F. The van der Waals surface area contributed by atoms with E-state index in [1.54, 1.807) is 31.2 Å². The molecular weight excluding hydrogens is 329 g/mol. The average Bonchev–Trinajstić information content (AvgIpc) is 2.53. The maximum atomic E-state index is 13.3. The van der Waals surface area contributed by atoms with Crippen molar-refractivity contribution in [3.05, 3.63) is 41.5 Å². The molecule has 0 spiro atoms. The van der Waals surface area contributed by atoms with Gasteiger partial charge in [-0.1, -0.05) is 36.4 Å². The fourth-order valence-corrected chi connectivity index (χ4v) is 2.06. The minimum Gasteiger partial charge on any atom is -0.468 e. The smallest absolute Gasteiger partial charge is 0.429 e. The van der Waals surface area contributed by atoms with Crippen LogP contribution >= 0.6 is 0 Å². The van der Waals surface area contributed by atoms with Crippen molar-refractivity contribution in [1.29, 1.82) is 0 Å². The fourth-order valence-electron chi connectivity index (χ4n) is 2.06. The van der Waals surface area contributed by atoms with Gasteiger partial charge >= 0.3 is 18.1 Å². The number of hydrogen-bond acceptors (Lipinski definition) is 5. The lowest BCUT2D eigenvalue weighted by Gasteiger charge is -2.31. The second-order valence-corrected chi connectivity index (χ2v) is 4.97. The van der Waals surface area contributed by atoms with Crippen LogP contribution in [0.3, 0.4) is 0 Å². The third-order valence-corrected chi connectivity index (χ3v) is 3.49. The second-order valence-electron chi connectivity index (χ2n) is 4.97. The molecule has 0 saturated heterocycles. The summed E-state index contributed by atoms with van der Waals surface area (Å²) in [5.74, 6) is -5.75. The van der Waals surface area contributed by atoms with E-state index in [-0.39, 0.29) is 0 Å². The van der Waals surface area contributed by atoms with Gasteiger partial charge in [0.05, 0.1) is 14.2 Å². The zero-order valence-corrected chi connectivity index (χ0v) is 13.3. The van der Waals surface area contributed by atoms with E-state index in [1.807, 2.05) is 0 Å². The van der Waals surface area contributed by atoms with E-state index in [0.29, 0.717) is 12.7 Å². The number of benzene rings is 1. The van der Waals surface area contributed by atoms with Crippen molar-refractivity contribution in [3.8, 4) is 0 Å². The van der Waals surface area contributed by atoms with E-state index in [0.717, 1.165) is 18.7 Å². The molecule has 0 radical (unpaired) electrons. The summed E-state index contributed by atoms with van der Waals surface area (Å²) in [4.78, 5) is 23.4. The molecule has 0 aliphatic heterocycles. The summed E-state index contributed by atoms with van der Waals surface area (Å²) in [5, 5.41) is 9.97. The summed E-state index contributed by atoms with van der Waals surface area (Å²) in [6, 6.07) is 6.69. The van der Waals surface area contributed by atoms with Crippen LogP contribution in [0.2, 0.25) is 0 Å². The number of aliphatic hydroxyl groups is 1. The lowest BCUT2D eigenvalue weighted by atomic mass is 9.85. The Balaban J connectivity index is 3.42. The lowest BCUT2D eigenvalue weighted by molar-refractivity contribution is -0.273. The second kappa shape index (κ2) is 7.48. The van der Waals surface area contributed by atoms with Crippen molar-refractivity contribution >= 4 is 18.0 Å². The average molecular weight is 346 g/mol. The molecule has 0 aromatic heterocycles. The zero-order chi connectivity index (χ0) is 18.5. The number of ether oxygens (including phenoxy) is 2. The molecule has 24 heavy (non-hydrogen) atoms. The number of rotatable bonds is 5. The van der Waals surface area contributed by atoms with Gasteiger partial charge in [-0.3, -0.25) is 4.79 Å². The first kappa shape index (κ1) is 19.7. The predicted molar refractivity (Wildman–Crippen MR) is 78.7 cm³/mol. The van der Waals surface area contributed by atoms with Crippen LogP contribution in [0.5, 0.6) is 0 Å². The molecule has 1 rings (SSSR count). The van der Waals surface area contributed by atoms with Crippen molar-refractivity contribution in [3.63, 3.8) is 0 Å². The number of aryl methyl sites for hydroxylation is 1. The van der Waals surface area contributed by atoms with Gasteiger partial charge in [-0.25, -0.2) is 4.79 Å². The molecule has 0 amide bonds. The summed E-state index contributed by atoms with van der Waals surface area (Å²) in [6.07, 6.45) is -3.47. The minimum atomic E-state index is -5.45. The van der Waals surface area contributed by atoms with Gasteiger partial charge in [0.15, 0.2) is 0 Å². The van der Waals surface area contributed by atoms with E-state index >= 15 is 0 Å². The van der Waals surface area contributed by atoms with Gasteiger partial charge in [0, 0.05) is 0 Å². The summed E-state index contributed by atoms with van der Waals surface area (Å²) < 4.78 is 48.3. The fraction of sp³-hybridized carbons (Fsp3) is 0.375. The molecule has 2 atom stereocenters. The van der Waals surface area contributed by atoms with E-state index in [1.165, 1.54) is 6.08 Å². The quantitative estimate of drug-likeness (QED) is 0.828. The van der Waals surface area contributed by atoms with Gasteiger partial charge in [-0.2, -0.15) is 13.2 Å². The predicted octanol–water partition coefficient (Wildman–Crippen LogP) is 2.26.